The number of nitrogens with one attached hydrogen (secondary N) is 1. The Morgan fingerprint density at radius 3 is 3.05 bits per heavy atom. The van der Waals surface area contributed by atoms with Gasteiger partial charge in [0.05, 0.1) is 12.1 Å². The second kappa shape index (κ2) is 6.11. The lowest BCUT2D eigenvalue weighted by Gasteiger charge is -2.33. The molecule has 21 heavy (non-hydrogen) atoms. The van der Waals surface area contributed by atoms with E-state index in [-0.39, 0.29) is 24.0 Å². The summed E-state index contributed by atoms with van der Waals surface area (Å²) in [5, 5.41) is 11.4. The maximum atomic E-state index is 12.6. The van der Waals surface area contributed by atoms with Crippen molar-refractivity contribution in [2.75, 3.05) is 26.7 Å². The van der Waals surface area contributed by atoms with Crippen LogP contribution >= 0.6 is 0 Å². The molecule has 1 aromatic heterocycles. The van der Waals surface area contributed by atoms with Gasteiger partial charge in [-0.15, -0.1) is 10.2 Å². The van der Waals surface area contributed by atoms with Gasteiger partial charge in [0.1, 0.15) is 12.2 Å². The number of amides is 1. The Balaban J connectivity index is 1.63. The number of rotatable bonds is 3. The van der Waals surface area contributed by atoms with Crippen LogP contribution in [-0.4, -0.2) is 64.5 Å². The molecule has 3 unspecified atom stereocenters. The largest absolute Gasteiger partial charge is 0.380 e. The number of hydrogen-bond donors (Lipinski definition) is 1. The van der Waals surface area contributed by atoms with Crippen LogP contribution in [0.25, 0.3) is 0 Å². The zero-order valence-corrected chi connectivity index (χ0v) is 12.7. The van der Waals surface area contributed by atoms with Crippen molar-refractivity contribution in [2.45, 2.75) is 37.3 Å². The summed E-state index contributed by atoms with van der Waals surface area (Å²) < 4.78 is 7.27. The lowest BCUT2D eigenvalue weighted by atomic mass is 9.96. The highest BCUT2D eigenvalue weighted by atomic mass is 16.5. The van der Waals surface area contributed by atoms with Gasteiger partial charge in [0.15, 0.2) is 0 Å². The van der Waals surface area contributed by atoms with Crippen molar-refractivity contribution in [1.82, 2.24) is 25.0 Å². The minimum absolute atomic E-state index is 0.104. The Morgan fingerprint density at radius 1 is 1.52 bits per heavy atom. The van der Waals surface area contributed by atoms with Crippen molar-refractivity contribution in [1.29, 1.82) is 0 Å². The van der Waals surface area contributed by atoms with Gasteiger partial charge in [-0.1, -0.05) is 0 Å². The molecule has 3 heterocycles. The van der Waals surface area contributed by atoms with Crippen molar-refractivity contribution in [3.8, 4) is 0 Å². The van der Waals surface area contributed by atoms with Crippen molar-refractivity contribution in [2.24, 2.45) is 7.05 Å². The molecule has 0 spiro atoms. The number of methoxy groups -OCH3 is 1. The number of aromatic nitrogens is 3. The fourth-order valence-corrected chi connectivity index (χ4v) is 3.34. The van der Waals surface area contributed by atoms with Gasteiger partial charge >= 0.3 is 0 Å². The third-order valence-corrected chi connectivity index (χ3v) is 4.57. The van der Waals surface area contributed by atoms with Gasteiger partial charge in [0.2, 0.25) is 5.91 Å². The molecule has 2 aliphatic heterocycles. The first-order valence-electron chi connectivity index (χ1n) is 7.58. The van der Waals surface area contributed by atoms with Gasteiger partial charge in [0.25, 0.3) is 0 Å². The fourth-order valence-electron chi connectivity index (χ4n) is 3.34. The average molecular weight is 293 g/mol. The smallest absolute Gasteiger partial charge is 0.239 e. The molecule has 1 aromatic rings. The number of piperidine rings is 1. The summed E-state index contributed by atoms with van der Waals surface area (Å²) in [7, 11) is 3.65. The van der Waals surface area contributed by atoms with E-state index in [9.17, 15) is 4.79 Å². The molecule has 0 saturated carbocycles. The van der Waals surface area contributed by atoms with Crippen LogP contribution in [0.3, 0.4) is 0 Å². The maximum Gasteiger partial charge on any atom is 0.239 e. The van der Waals surface area contributed by atoms with Crippen LogP contribution in [0, 0.1) is 0 Å². The fraction of sp³-hybridized carbons (Fsp3) is 0.786. The molecule has 3 atom stereocenters. The number of carbonyl (C=O) groups excluding carboxylic acids is 1. The van der Waals surface area contributed by atoms with Crippen LogP contribution < -0.4 is 5.32 Å². The second-order valence-corrected chi connectivity index (χ2v) is 5.98. The van der Waals surface area contributed by atoms with Gasteiger partial charge in [0, 0.05) is 39.7 Å². The van der Waals surface area contributed by atoms with E-state index in [2.05, 4.69) is 15.5 Å². The molecule has 1 N–H and O–H groups in total. The maximum absolute atomic E-state index is 12.6. The second-order valence-electron chi connectivity index (χ2n) is 5.98. The number of ether oxygens (including phenoxy) is 1. The van der Waals surface area contributed by atoms with Crippen molar-refractivity contribution in [3.63, 3.8) is 0 Å². The van der Waals surface area contributed by atoms with Crippen molar-refractivity contribution < 1.29 is 9.53 Å². The number of hydrogen-bond acceptors (Lipinski definition) is 5. The highest BCUT2D eigenvalue weighted by molar-refractivity contribution is 5.82. The van der Waals surface area contributed by atoms with Crippen molar-refractivity contribution >= 4 is 5.91 Å². The third kappa shape index (κ3) is 2.94. The molecule has 116 valence electrons. The number of nitrogens with zero attached hydrogens (tertiary/aromatic N) is 4. The molecule has 3 rings (SSSR count). The number of likely N-dealkylation sites (tertiary alicyclic amines) is 1. The molecular weight excluding hydrogens is 270 g/mol. The van der Waals surface area contributed by atoms with Gasteiger partial charge in [-0.2, -0.15) is 0 Å². The molecule has 2 saturated heterocycles. The zero-order chi connectivity index (χ0) is 14.8. The van der Waals surface area contributed by atoms with Crippen LogP contribution in [0.4, 0.5) is 0 Å². The van der Waals surface area contributed by atoms with Crippen LogP contribution in [-0.2, 0) is 16.6 Å². The summed E-state index contributed by atoms with van der Waals surface area (Å²) in [5.74, 6) is 1.46. The van der Waals surface area contributed by atoms with Crippen LogP contribution in [0.15, 0.2) is 6.33 Å². The van der Waals surface area contributed by atoms with Gasteiger partial charge in [-0.25, -0.2) is 0 Å². The molecule has 1 amide bonds. The first-order valence-corrected chi connectivity index (χ1v) is 7.58. The SMILES string of the molecule is COC1CNC(C(=O)N2CCCC(c3nncn3C)C2)C1. The van der Waals surface area contributed by atoms with Gasteiger partial charge in [-0.05, 0) is 19.3 Å². The molecule has 7 nitrogen and oxygen atoms in total. The first-order chi connectivity index (χ1) is 10.2. The van der Waals surface area contributed by atoms with E-state index in [1.54, 1.807) is 13.4 Å². The standard InChI is InChI=1S/C14H23N5O2/c1-18-9-16-17-13(18)10-4-3-5-19(8-10)14(20)12-6-11(21-2)7-15-12/h9-12,15H,3-8H2,1-2H3. The normalized spacial score (nSPS) is 29.8. The molecule has 0 aromatic carbocycles. The third-order valence-electron chi connectivity index (χ3n) is 4.57. The Kier molecular flexibility index (Phi) is 4.21. The summed E-state index contributed by atoms with van der Waals surface area (Å²) in [6.45, 7) is 2.33. The first kappa shape index (κ1) is 14.5. The van der Waals surface area contributed by atoms with E-state index in [1.165, 1.54) is 0 Å². The number of carbonyl (C=O) groups is 1. The van der Waals surface area contributed by atoms with E-state index in [4.69, 9.17) is 4.74 Å². The van der Waals surface area contributed by atoms with Crippen LogP contribution in [0.1, 0.15) is 31.0 Å². The lowest BCUT2D eigenvalue weighted by molar-refractivity contribution is -0.134. The topological polar surface area (TPSA) is 72.3 Å². The zero-order valence-electron chi connectivity index (χ0n) is 12.7. The molecule has 2 fully saturated rings. The molecule has 0 bridgehead atoms. The van der Waals surface area contributed by atoms with E-state index in [1.807, 2.05) is 16.5 Å². The van der Waals surface area contributed by atoms with Crippen LogP contribution in [0.2, 0.25) is 0 Å². The van der Waals surface area contributed by atoms with Crippen molar-refractivity contribution in [3.05, 3.63) is 12.2 Å². The highest BCUT2D eigenvalue weighted by Crippen LogP contribution is 2.26. The Hall–Kier alpha value is -1.47. The lowest BCUT2D eigenvalue weighted by Crippen LogP contribution is -2.47. The predicted molar refractivity (Wildman–Crippen MR) is 76.8 cm³/mol. The summed E-state index contributed by atoms with van der Waals surface area (Å²) in [5.41, 5.74) is 0. The summed E-state index contributed by atoms with van der Waals surface area (Å²) in [6, 6.07) is -0.104. The monoisotopic (exact) mass is 293 g/mol. The minimum Gasteiger partial charge on any atom is -0.380 e. The number of aryl methyl sites for hydroxylation is 1. The predicted octanol–water partition coefficient (Wildman–Crippen LogP) is -0.102. The van der Waals surface area contributed by atoms with E-state index in [0.717, 1.165) is 44.7 Å². The Morgan fingerprint density at radius 2 is 2.38 bits per heavy atom. The molecule has 0 radical (unpaired) electrons. The van der Waals surface area contributed by atoms with Gasteiger partial charge < -0.3 is 19.5 Å². The van der Waals surface area contributed by atoms with E-state index >= 15 is 0 Å². The van der Waals surface area contributed by atoms with E-state index < -0.39 is 0 Å². The summed E-state index contributed by atoms with van der Waals surface area (Å²) in [6.07, 6.45) is 4.72. The minimum atomic E-state index is -0.104. The highest BCUT2D eigenvalue weighted by Gasteiger charge is 2.35. The van der Waals surface area contributed by atoms with Crippen LogP contribution in [0.5, 0.6) is 0 Å². The van der Waals surface area contributed by atoms with E-state index in [0.29, 0.717) is 0 Å². The summed E-state index contributed by atoms with van der Waals surface area (Å²) >= 11 is 0. The molecule has 7 heteroatoms. The quantitative estimate of drug-likeness (QED) is 0.842. The average Bonchev–Trinajstić information content (AvgIpc) is 3.15. The molecular formula is C14H23N5O2. The molecule has 2 aliphatic rings. The van der Waals surface area contributed by atoms with Gasteiger partial charge in [-0.3, -0.25) is 4.79 Å². The summed E-state index contributed by atoms with van der Waals surface area (Å²) in [4.78, 5) is 14.6. The molecule has 0 aliphatic carbocycles. The Bertz CT molecular complexity index is 503. The Labute approximate surface area is 124 Å².